The molecular weight excluding hydrogens is 268 g/mol. The van der Waals surface area contributed by atoms with E-state index in [0.717, 1.165) is 16.6 Å². The summed E-state index contributed by atoms with van der Waals surface area (Å²) in [6, 6.07) is 13.2. The highest BCUT2D eigenvalue weighted by Crippen LogP contribution is 2.17. The van der Waals surface area contributed by atoms with Crippen LogP contribution in [0.1, 0.15) is 23.2 Å². The molecule has 0 spiro atoms. The van der Waals surface area contributed by atoms with Gasteiger partial charge in [-0.2, -0.15) is 0 Å². The summed E-state index contributed by atoms with van der Waals surface area (Å²) < 4.78 is 10.5. The third-order valence-corrected chi connectivity index (χ3v) is 3.12. The predicted octanol–water partition coefficient (Wildman–Crippen LogP) is 3.09. The lowest BCUT2D eigenvalue weighted by molar-refractivity contribution is 0.0914. The molecule has 108 valence electrons. The van der Waals surface area contributed by atoms with Crippen LogP contribution in [-0.4, -0.2) is 17.5 Å². The van der Waals surface area contributed by atoms with Crippen LogP contribution in [0.3, 0.4) is 0 Å². The lowest BCUT2D eigenvalue weighted by atomic mass is 10.2. The molecule has 21 heavy (non-hydrogen) atoms. The van der Waals surface area contributed by atoms with Crippen LogP contribution in [0.15, 0.2) is 46.9 Å². The van der Waals surface area contributed by atoms with Gasteiger partial charge in [0.2, 0.25) is 0 Å². The molecule has 0 aliphatic heterocycles. The summed E-state index contributed by atoms with van der Waals surface area (Å²) in [5.74, 6) is 0.336. The Morgan fingerprint density at radius 3 is 2.95 bits per heavy atom. The number of hydrogen-bond donors (Lipinski definition) is 2. The number of hydrogen-bond acceptors (Lipinski definition) is 3. The summed E-state index contributed by atoms with van der Waals surface area (Å²) in [5.41, 5.74) is 2.00. The molecule has 0 aliphatic rings. The third kappa shape index (κ3) is 2.91. The average molecular weight is 284 g/mol. The van der Waals surface area contributed by atoms with Crippen LogP contribution in [0.4, 0.5) is 0 Å². The molecule has 0 bridgehead atoms. The van der Waals surface area contributed by atoms with Gasteiger partial charge in [0.1, 0.15) is 0 Å². The molecular formula is C16H16N2O3. The van der Waals surface area contributed by atoms with Crippen molar-refractivity contribution in [1.82, 2.24) is 10.3 Å². The molecule has 0 saturated carbocycles. The van der Waals surface area contributed by atoms with E-state index in [0.29, 0.717) is 19.1 Å². The van der Waals surface area contributed by atoms with Crippen LogP contribution in [0.2, 0.25) is 0 Å². The molecule has 2 aromatic heterocycles. The van der Waals surface area contributed by atoms with E-state index in [-0.39, 0.29) is 11.7 Å². The van der Waals surface area contributed by atoms with Crippen molar-refractivity contribution >= 4 is 16.8 Å². The summed E-state index contributed by atoms with van der Waals surface area (Å²) in [4.78, 5) is 15.2. The monoisotopic (exact) mass is 284 g/mol. The van der Waals surface area contributed by atoms with E-state index in [9.17, 15) is 4.79 Å². The molecule has 0 saturated heterocycles. The smallest absolute Gasteiger partial charge is 0.287 e. The lowest BCUT2D eigenvalue weighted by Crippen LogP contribution is -2.22. The van der Waals surface area contributed by atoms with Crippen LogP contribution >= 0.6 is 0 Å². The van der Waals surface area contributed by atoms with Crippen molar-refractivity contribution in [3.8, 4) is 5.95 Å². The zero-order valence-corrected chi connectivity index (χ0v) is 11.7. The van der Waals surface area contributed by atoms with Crippen LogP contribution in [0, 0.1) is 0 Å². The van der Waals surface area contributed by atoms with Crippen LogP contribution in [-0.2, 0) is 6.54 Å². The van der Waals surface area contributed by atoms with E-state index in [4.69, 9.17) is 9.15 Å². The fraction of sp³-hybridized carbons (Fsp3) is 0.188. The molecule has 0 fully saturated rings. The first-order valence-electron chi connectivity index (χ1n) is 6.83. The topological polar surface area (TPSA) is 67.3 Å². The summed E-state index contributed by atoms with van der Waals surface area (Å²) in [6.45, 7) is 2.78. The van der Waals surface area contributed by atoms with E-state index in [1.807, 2.05) is 37.3 Å². The van der Waals surface area contributed by atoms with E-state index in [1.54, 1.807) is 12.1 Å². The summed E-state index contributed by atoms with van der Waals surface area (Å²) in [6.07, 6.45) is 0. The Balaban J connectivity index is 1.64. The number of carbonyl (C=O) groups excluding carboxylic acids is 1. The van der Waals surface area contributed by atoms with E-state index in [1.165, 1.54) is 0 Å². The number of para-hydroxylation sites is 1. The van der Waals surface area contributed by atoms with Gasteiger partial charge in [0.25, 0.3) is 11.9 Å². The molecule has 5 nitrogen and oxygen atoms in total. The molecule has 0 radical (unpaired) electrons. The number of ether oxygens (including phenoxy) is 1. The normalized spacial score (nSPS) is 10.7. The standard InChI is InChI=1S/C16H16N2O3/c1-2-20-15-8-7-14(21-15)16(19)17-10-12-9-11-5-3-4-6-13(11)18-12/h3-9,18H,2,10H2,1H3,(H,17,19). The number of nitrogens with one attached hydrogen (secondary N) is 2. The Bertz CT molecular complexity index is 725. The number of aromatic amines is 1. The second-order valence-corrected chi connectivity index (χ2v) is 4.62. The molecule has 0 atom stereocenters. The van der Waals surface area contributed by atoms with E-state index >= 15 is 0 Å². The summed E-state index contributed by atoms with van der Waals surface area (Å²) >= 11 is 0. The van der Waals surface area contributed by atoms with Crippen molar-refractivity contribution in [2.45, 2.75) is 13.5 Å². The van der Waals surface area contributed by atoms with Gasteiger partial charge in [0.05, 0.1) is 13.2 Å². The molecule has 3 rings (SSSR count). The predicted molar refractivity (Wildman–Crippen MR) is 79.3 cm³/mol. The van der Waals surface area contributed by atoms with Gasteiger partial charge in [-0.15, -0.1) is 0 Å². The van der Waals surface area contributed by atoms with Crippen molar-refractivity contribution in [2.24, 2.45) is 0 Å². The number of furan rings is 1. The molecule has 3 aromatic rings. The maximum absolute atomic E-state index is 12.0. The van der Waals surface area contributed by atoms with Crippen molar-refractivity contribution in [2.75, 3.05) is 6.61 Å². The first kappa shape index (κ1) is 13.3. The third-order valence-electron chi connectivity index (χ3n) is 3.12. The molecule has 2 N–H and O–H groups in total. The maximum Gasteiger partial charge on any atom is 0.287 e. The molecule has 1 aromatic carbocycles. The zero-order valence-electron chi connectivity index (χ0n) is 11.7. The molecule has 5 heteroatoms. The number of benzene rings is 1. The summed E-state index contributed by atoms with van der Waals surface area (Å²) in [7, 11) is 0. The molecule has 0 unspecified atom stereocenters. The fourth-order valence-corrected chi connectivity index (χ4v) is 2.15. The van der Waals surface area contributed by atoms with Crippen LogP contribution < -0.4 is 10.1 Å². The first-order chi connectivity index (χ1) is 10.3. The molecule has 0 aliphatic carbocycles. The largest absolute Gasteiger partial charge is 0.465 e. The van der Waals surface area contributed by atoms with Gasteiger partial charge in [-0.3, -0.25) is 4.79 Å². The number of H-pyrrole nitrogens is 1. The van der Waals surface area contributed by atoms with Gasteiger partial charge in [-0.05, 0) is 30.5 Å². The highest BCUT2D eigenvalue weighted by molar-refractivity contribution is 5.91. The zero-order chi connectivity index (χ0) is 14.7. The van der Waals surface area contributed by atoms with Crippen LogP contribution in [0.5, 0.6) is 5.95 Å². The van der Waals surface area contributed by atoms with Crippen molar-refractivity contribution in [3.05, 3.63) is 53.9 Å². The second kappa shape index (κ2) is 5.75. The van der Waals surface area contributed by atoms with Gasteiger partial charge < -0.3 is 19.5 Å². The quantitative estimate of drug-likeness (QED) is 0.756. The minimum absolute atomic E-state index is 0.245. The van der Waals surface area contributed by atoms with E-state index in [2.05, 4.69) is 10.3 Å². The minimum Gasteiger partial charge on any atom is -0.465 e. The van der Waals surface area contributed by atoms with Gasteiger partial charge in [-0.25, -0.2) is 0 Å². The van der Waals surface area contributed by atoms with Gasteiger partial charge in [0.15, 0.2) is 5.76 Å². The maximum atomic E-state index is 12.0. The Morgan fingerprint density at radius 2 is 2.14 bits per heavy atom. The van der Waals surface area contributed by atoms with Crippen molar-refractivity contribution in [3.63, 3.8) is 0 Å². The van der Waals surface area contributed by atoms with Crippen molar-refractivity contribution < 1.29 is 13.9 Å². The number of carbonyl (C=O) groups is 1. The number of amides is 1. The summed E-state index contributed by atoms with van der Waals surface area (Å²) in [5, 5.41) is 3.94. The van der Waals surface area contributed by atoms with Gasteiger partial charge >= 0.3 is 0 Å². The number of rotatable bonds is 5. The van der Waals surface area contributed by atoms with Crippen molar-refractivity contribution in [1.29, 1.82) is 0 Å². The Morgan fingerprint density at radius 1 is 1.29 bits per heavy atom. The average Bonchev–Trinajstić information content (AvgIpc) is 3.11. The second-order valence-electron chi connectivity index (χ2n) is 4.62. The molecule has 1 amide bonds. The Labute approximate surface area is 121 Å². The number of aromatic nitrogens is 1. The Hall–Kier alpha value is -2.69. The van der Waals surface area contributed by atoms with Gasteiger partial charge in [0, 0.05) is 17.3 Å². The lowest BCUT2D eigenvalue weighted by Gasteiger charge is -2.01. The first-order valence-corrected chi connectivity index (χ1v) is 6.83. The minimum atomic E-state index is -0.264. The fourth-order valence-electron chi connectivity index (χ4n) is 2.15. The Kier molecular flexibility index (Phi) is 3.64. The van der Waals surface area contributed by atoms with Crippen LogP contribution in [0.25, 0.3) is 10.9 Å². The van der Waals surface area contributed by atoms with Gasteiger partial charge in [-0.1, -0.05) is 18.2 Å². The highest BCUT2D eigenvalue weighted by atomic mass is 16.6. The SMILES string of the molecule is CCOc1ccc(C(=O)NCc2cc3ccccc3[nH]2)o1. The molecule has 2 heterocycles. The highest BCUT2D eigenvalue weighted by Gasteiger charge is 2.11. The number of fused-ring (bicyclic) bond motifs is 1. The van der Waals surface area contributed by atoms with E-state index < -0.39 is 0 Å².